The Labute approximate surface area is 210 Å². The minimum atomic E-state index is -1.53. The van der Waals surface area contributed by atoms with E-state index in [4.69, 9.17) is 15.2 Å². The van der Waals surface area contributed by atoms with Crippen molar-refractivity contribution < 1.29 is 19.0 Å². The average Bonchev–Trinajstić information content (AvgIpc) is 3.10. The second-order valence-electron chi connectivity index (χ2n) is 10.1. The van der Waals surface area contributed by atoms with Crippen LogP contribution in [0.4, 0.5) is 14.7 Å². The number of hydrogen-bond donors (Lipinski definition) is 2. The van der Waals surface area contributed by atoms with Crippen molar-refractivity contribution in [2.24, 2.45) is 15.9 Å². The molecule has 1 aromatic heterocycles. The molecular weight excluding hydrogens is 464 g/mol. The van der Waals surface area contributed by atoms with Gasteiger partial charge in [-0.25, -0.2) is 18.7 Å². The molecule has 1 aliphatic carbocycles. The molecule has 9 heteroatoms. The van der Waals surface area contributed by atoms with E-state index in [9.17, 15) is 8.78 Å². The number of halogens is 2. The molecule has 7 nitrogen and oxygen atoms in total. The smallest absolute Gasteiger partial charge is 0.225 e. The van der Waals surface area contributed by atoms with Crippen LogP contribution in [0.1, 0.15) is 63.4 Å². The fraction of sp³-hybridized carbons (Fsp3) is 0.556. The van der Waals surface area contributed by atoms with Crippen molar-refractivity contribution in [3.05, 3.63) is 47.0 Å². The first-order valence-corrected chi connectivity index (χ1v) is 12.9. The van der Waals surface area contributed by atoms with Gasteiger partial charge in [0.15, 0.2) is 12.5 Å². The molecule has 2 N–H and O–H groups in total. The van der Waals surface area contributed by atoms with Crippen LogP contribution in [0.15, 0.2) is 51.4 Å². The Morgan fingerprint density at radius 1 is 1.08 bits per heavy atom. The number of hydrogen-bond acceptors (Lipinski definition) is 7. The summed E-state index contributed by atoms with van der Waals surface area (Å²) in [4.78, 5) is 20.7. The lowest BCUT2D eigenvalue weighted by Crippen LogP contribution is -2.35. The highest BCUT2D eigenvalue weighted by Gasteiger charge is 2.30. The number of piperidine rings is 1. The highest BCUT2D eigenvalue weighted by Crippen LogP contribution is 2.33. The molecule has 4 heterocycles. The van der Waals surface area contributed by atoms with Gasteiger partial charge in [0.2, 0.25) is 5.95 Å². The summed E-state index contributed by atoms with van der Waals surface area (Å²) in [7, 11) is 0. The highest BCUT2D eigenvalue weighted by molar-refractivity contribution is 6.02. The Morgan fingerprint density at radius 2 is 1.86 bits per heavy atom. The van der Waals surface area contributed by atoms with Gasteiger partial charge in [-0.05, 0) is 74.5 Å². The summed E-state index contributed by atoms with van der Waals surface area (Å²) in [6, 6.07) is 0. The minimum absolute atomic E-state index is 0.0369. The molecule has 1 fully saturated rings. The van der Waals surface area contributed by atoms with Gasteiger partial charge in [0.25, 0.3) is 0 Å². The van der Waals surface area contributed by atoms with Crippen molar-refractivity contribution in [2.75, 3.05) is 18.0 Å². The van der Waals surface area contributed by atoms with Gasteiger partial charge >= 0.3 is 0 Å². The number of anilines is 1. The quantitative estimate of drug-likeness (QED) is 0.585. The van der Waals surface area contributed by atoms with Crippen molar-refractivity contribution in [1.29, 1.82) is 0 Å². The number of aromatic nitrogens is 2. The summed E-state index contributed by atoms with van der Waals surface area (Å²) in [5.74, 6) is 1.21. The van der Waals surface area contributed by atoms with Gasteiger partial charge in [-0.2, -0.15) is 0 Å². The number of aliphatic imine (C=N–C) groups is 2. The predicted molar refractivity (Wildman–Crippen MR) is 136 cm³/mol. The van der Waals surface area contributed by atoms with Crippen molar-refractivity contribution in [3.63, 3.8) is 0 Å². The summed E-state index contributed by atoms with van der Waals surface area (Å²) in [5.41, 5.74) is 5.13. The largest absolute Gasteiger partial charge is 0.368 e. The lowest BCUT2D eigenvalue weighted by atomic mass is 9.92. The molecule has 2 atom stereocenters. The summed E-state index contributed by atoms with van der Waals surface area (Å²) >= 11 is 0. The first kappa shape index (κ1) is 24.9. The molecular formula is C27H33F2N5O2. The van der Waals surface area contributed by atoms with Crippen molar-refractivity contribution in [1.82, 2.24) is 9.97 Å². The van der Waals surface area contributed by atoms with Crippen LogP contribution in [0.3, 0.4) is 0 Å². The monoisotopic (exact) mass is 497 g/mol. The fourth-order valence-corrected chi connectivity index (χ4v) is 5.33. The van der Waals surface area contributed by atoms with E-state index in [1.54, 1.807) is 12.4 Å². The molecule has 0 radical (unpaired) electrons. The van der Waals surface area contributed by atoms with Crippen LogP contribution in [-0.2, 0) is 0 Å². The second kappa shape index (κ2) is 11.1. The third-order valence-corrected chi connectivity index (χ3v) is 7.50. The van der Waals surface area contributed by atoms with E-state index in [0.29, 0.717) is 30.4 Å². The topological polar surface area (TPSA) is 94.2 Å². The van der Waals surface area contributed by atoms with Crippen LogP contribution >= 0.6 is 0 Å². The molecule has 2 unspecified atom stereocenters. The van der Waals surface area contributed by atoms with Gasteiger partial charge in [0, 0.05) is 55.1 Å². The molecule has 0 amide bonds. The molecule has 5 rings (SSSR count). The van der Waals surface area contributed by atoms with E-state index < -0.39 is 18.6 Å². The van der Waals surface area contributed by atoms with Crippen LogP contribution in [0.2, 0.25) is 0 Å². The first-order valence-electron chi connectivity index (χ1n) is 12.9. The minimum Gasteiger partial charge on any atom is -0.368 e. The number of fused-ring (bicyclic) bond motifs is 1. The number of rotatable bonds is 5. The van der Waals surface area contributed by atoms with E-state index in [-0.39, 0.29) is 6.42 Å². The van der Waals surface area contributed by atoms with Gasteiger partial charge in [-0.3, -0.25) is 9.98 Å². The maximum Gasteiger partial charge on any atom is 0.225 e. The van der Waals surface area contributed by atoms with E-state index in [1.807, 2.05) is 12.3 Å². The van der Waals surface area contributed by atoms with E-state index in [0.717, 1.165) is 79.7 Å². The highest BCUT2D eigenvalue weighted by atomic mass is 19.2. The zero-order valence-corrected chi connectivity index (χ0v) is 20.4. The molecule has 3 aliphatic heterocycles. The third kappa shape index (κ3) is 5.78. The Balaban J connectivity index is 1.21. The molecule has 4 aliphatic rings. The normalized spacial score (nSPS) is 27.4. The van der Waals surface area contributed by atoms with Crippen LogP contribution in [-0.4, -0.2) is 63.8 Å². The molecule has 36 heavy (non-hydrogen) atoms. The summed E-state index contributed by atoms with van der Waals surface area (Å²) in [6.45, 7) is 1.72. The Hall–Kier alpha value is -2.78. The predicted octanol–water partition coefficient (Wildman–Crippen LogP) is 4.48. The summed E-state index contributed by atoms with van der Waals surface area (Å²) < 4.78 is 27.7. The SMILES string of the molecule is OC(O)CCC1CCN(c2ncc(C3=CC/C(=C4/CCCC5=CC(F)C(F)CC5=N4)C=N3)cn2)CC1. The van der Waals surface area contributed by atoms with Gasteiger partial charge in [-0.1, -0.05) is 6.08 Å². The van der Waals surface area contributed by atoms with Gasteiger partial charge in [0.1, 0.15) is 6.17 Å². The van der Waals surface area contributed by atoms with Gasteiger partial charge in [0.05, 0.1) is 5.70 Å². The van der Waals surface area contributed by atoms with Crippen molar-refractivity contribution in [3.8, 4) is 0 Å². The molecule has 1 aromatic rings. The maximum absolute atomic E-state index is 13.9. The van der Waals surface area contributed by atoms with E-state index in [2.05, 4.69) is 19.9 Å². The van der Waals surface area contributed by atoms with Crippen LogP contribution < -0.4 is 4.90 Å². The fourth-order valence-electron chi connectivity index (χ4n) is 5.33. The van der Waals surface area contributed by atoms with Crippen molar-refractivity contribution >= 4 is 23.6 Å². The molecule has 1 saturated heterocycles. The number of aliphatic hydroxyl groups is 2. The van der Waals surface area contributed by atoms with Crippen LogP contribution in [0, 0.1) is 5.92 Å². The number of nitrogens with zero attached hydrogens (tertiary/aromatic N) is 5. The number of aliphatic hydroxyl groups excluding tert-OH is 1. The Morgan fingerprint density at radius 3 is 2.56 bits per heavy atom. The number of allylic oxidation sites excluding steroid dienone is 5. The van der Waals surface area contributed by atoms with Gasteiger partial charge in [-0.15, -0.1) is 0 Å². The molecule has 0 bridgehead atoms. The standard InChI is InChI=1S/C27H33F2N5O2/c28-21-12-18-2-1-3-24(33-25(18)13-22(21)29)19-5-6-23(30-14-19)20-15-31-27(32-16-20)34-10-8-17(9-11-34)4-7-26(35)36/h6,12,14-17,21-22,26,35-36H,1-5,7-11,13H2/b24-19+. The lowest BCUT2D eigenvalue weighted by molar-refractivity contribution is -0.0493. The summed E-state index contributed by atoms with van der Waals surface area (Å²) in [5, 5.41) is 18.1. The van der Waals surface area contributed by atoms with Crippen molar-refractivity contribution in [2.45, 2.75) is 76.4 Å². The second-order valence-corrected chi connectivity index (χ2v) is 10.1. The molecule has 0 aromatic carbocycles. The Kier molecular flexibility index (Phi) is 7.67. The zero-order valence-electron chi connectivity index (χ0n) is 20.4. The molecule has 192 valence electrons. The van der Waals surface area contributed by atoms with Crippen LogP contribution in [0.5, 0.6) is 0 Å². The summed E-state index contributed by atoms with van der Waals surface area (Å²) in [6.07, 6.45) is 10.9. The average molecular weight is 498 g/mol. The van der Waals surface area contributed by atoms with E-state index in [1.165, 1.54) is 6.08 Å². The maximum atomic E-state index is 13.9. The third-order valence-electron chi connectivity index (χ3n) is 7.50. The van der Waals surface area contributed by atoms with E-state index >= 15 is 0 Å². The molecule has 0 spiro atoms. The first-order chi connectivity index (χ1) is 17.5. The van der Waals surface area contributed by atoms with Crippen LogP contribution in [0.25, 0.3) is 5.70 Å². The lowest BCUT2D eigenvalue weighted by Gasteiger charge is -2.32. The Bertz CT molecular complexity index is 1100. The zero-order chi connectivity index (χ0) is 25.1. The molecule has 0 saturated carbocycles. The van der Waals surface area contributed by atoms with Gasteiger partial charge < -0.3 is 15.1 Å². The number of alkyl halides is 2.